The molecule has 4 rings (SSSR count). The number of carbonyl (C=O) groups excluding carboxylic acids is 2. The van der Waals surface area contributed by atoms with Crippen molar-refractivity contribution in [3.05, 3.63) is 88.0 Å². The van der Waals surface area contributed by atoms with Crippen LogP contribution in [0.5, 0.6) is 0 Å². The number of hydrogen-bond donors (Lipinski definition) is 3. The lowest BCUT2D eigenvalue weighted by atomic mass is 9.97. The zero-order valence-corrected chi connectivity index (χ0v) is 15.2. The highest BCUT2D eigenvalue weighted by atomic mass is 19.1. The smallest absolute Gasteiger partial charge is 0.352 e. The quantitative estimate of drug-likeness (QED) is 0.465. The molecule has 0 unspecified atom stereocenters. The standard InChI is InChI=1S/C22H15FN2O4/c1-11-18(20(26)12-5-3-2-4-6-12)17(24-19(11)22(28)29)10-15-14-9-13(23)7-8-16(14)25-21(15)27/h2-10,24H,1H3,(H,25,27)(H,28,29). The van der Waals surface area contributed by atoms with Gasteiger partial charge in [0, 0.05) is 16.8 Å². The van der Waals surface area contributed by atoms with Gasteiger partial charge in [-0.05, 0) is 36.8 Å². The van der Waals surface area contributed by atoms with Gasteiger partial charge in [0.15, 0.2) is 5.78 Å². The fraction of sp³-hybridized carbons (Fsp3) is 0.0455. The zero-order valence-electron chi connectivity index (χ0n) is 15.2. The van der Waals surface area contributed by atoms with Gasteiger partial charge in [0.2, 0.25) is 0 Å². The van der Waals surface area contributed by atoms with Crippen LogP contribution in [-0.4, -0.2) is 27.8 Å². The number of carboxylic acids is 1. The topological polar surface area (TPSA) is 99.3 Å². The summed E-state index contributed by atoms with van der Waals surface area (Å²) < 4.78 is 13.7. The summed E-state index contributed by atoms with van der Waals surface area (Å²) in [5, 5.41) is 12.1. The first-order valence-electron chi connectivity index (χ1n) is 8.75. The van der Waals surface area contributed by atoms with Gasteiger partial charge in [-0.1, -0.05) is 30.3 Å². The van der Waals surface area contributed by atoms with Crippen LogP contribution in [0.2, 0.25) is 0 Å². The Morgan fingerprint density at radius 1 is 1.10 bits per heavy atom. The minimum absolute atomic E-state index is 0.139. The van der Waals surface area contributed by atoms with Crippen LogP contribution in [0.25, 0.3) is 11.6 Å². The number of carboxylic acid groups (broad SMARTS) is 1. The number of rotatable bonds is 4. The molecule has 2 heterocycles. The number of H-pyrrole nitrogens is 1. The molecule has 29 heavy (non-hydrogen) atoms. The summed E-state index contributed by atoms with van der Waals surface area (Å²) in [5.74, 6) is -2.58. The molecule has 0 saturated carbocycles. The Morgan fingerprint density at radius 2 is 1.83 bits per heavy atom. The molecule has 0 aliphatic carbocycles. The number of ketones is 1. The molecule has 0 saturated heterocycles. The highest BCUT2D eigenvalue weighted by Crippen LogP contribution is 2.35. The summed E-state index contributed by atoms with van der Waals surface area (Å²) in [6, 6.07) is 12.3. The van der Waals surface area contributed by atoms with Gasteiger partial charge in [-0.15, -0.1) is 0 Å². The maximum atomic E-state index is 13.7. The number of carbonyl (C=O) groups is 3. The van der Waals surface area contributed by atoms with Crippen molar-refractivity contribution in [3.63, 3.8) is 0 Å². The number of hydrogen-bond acceptors (Lipinski definition) is 3. The van der Waals surface area contributed by atoms with Gasteiger partial charge in [-0.25, -0.2) is 9.18 Å². The van der Waals surface area contributed by atoms with Crippen LogP contribution in [0.1, 0.15) is 43.2 Å². The first-order chi connectivity index (χ1) is 13.9. The Balaban J connectivity index is 1.91. The van der Waals surface area contributed by atoms with Crippen LogP contribution in [0, 0.1) is 12.7 Å². The fourth-order valence-corrected chi connectivity index (χ4v) is 3.41. The van der Waals surface area contributed by atoms with Crippen molar-refractivity contribution in [2.45, 2.75) is 6.92 Å². The van der Waals surface area contributed by atoms with E-state index in [9.17, 15) is 23.9 Å². The summed E-state index contributed by atoms with van der Waals surface area (Å²) in [7, 11) is 0. The monoisotopic (exact) mass is 390 g/mol. The number of aromatic carboxylic acids is 1. The number of fused-ring (bicyclic) bond motifs is 1. The number of anilines is 1. The van der Waals surface area contributed by atoms with Gasteiger partial charge < -0.3 is 15.4 Å². The number of aromatic amines is 1. The molecule has 3 N–H and O–H groups in total. The van der Waals surface area contributed by atoms with Crippen molar-refractivity contribution in [3.8, 4) is 0 Å². The Morgan fingerprint density at radius 3 is 2.52 bits per heavy atom. The van der Waals surface area contributed by atoms with Crippen LogP contribution in [0.3, 0.4) is 0 Å². The molecule has 0 fully saturated rings. The Bertz CT molecular complexity index is 1210. The highest BCUT2D eigenvalue weighted by molar-refractivity contribution is 6.35. The first-order valence-corrected chi connectivity index (χ1v) is 8.75. The molecule has 144 valence electrons. The lowest BCUT2D eigenvalue weighted by Gasteiger charge is -2.04. The molecule has 0 radical (unpaired) electrons. The molecule has 1 aromatic heterocycles. The second-order valence-corrected chi connectivity index (χ2v) is 6.62. The molecule has 0 bridgehead atoms. The van der Waals surface area contributed by atoms with E-state index in [-0.39, 0.29) is 33.9 Å². The van der Waals surface area contributed by atoms with Crippen LogP contribution in [0.15, 0.2) is 48.5 Å². The lowest BCUT2D eigenvalue weighted by molar-refractivity contribution is -0.110. The normalized spacial score (nSPS) is 14.0. The zero-order chi connectivity index (χ0) is 20.7. The third-order valence-corrected chi connectivity index (χ3v) is 4.81. The number of aromatic nitrogens is 1. The Hall–Kier alpha value is -4.00. The average Bonchev–Trinajstić information content (AvgIpc) is 3.19. The molecule has 1 aliphatic heterocycles. The van der Waals surface area contributed by atoms with Crippen molar-refractivity contribution >= 4 is 35.0 Å². The highest BCUT2D eigenvalue weighted by Gasteiger charge is 2.28. The summed E-state index contributed by atoms with van der Waals surface area (Å²) in [4.78, 5) is 39.8. The second-order valence-electron chi connectivity index (χ2n) is 6.62. The predicted molar refractivity (Wildman–Crippen MR) is 105 cm³/mol. The minimum atomic E-state index is -1.23. The fourth-order valence-electron chi connectivity index (χ4n) is 3.41. The summed E-state index contributed by atoms with van der Waals surface area (Å²) in [5.41, 5.74) is 1.76. The lowest BCUT2D eigenvalue weighted by Crippen LogP contribution is -2.06. The number of benzene rings is 2. The Kier molecular flexibility index (Phi) is 4.35. The van der Waals surface area contributed by atoms with Crippen LogP contribution in [-0.2, 0) is 4.79 Å². The largest absolute Gasteiger partial charge is 0.477 e. The van der Waals surface area contributed by atoms with Crippen molar-refractivity contribution < 1.29 is 23.9 Å². The van der Waals surface area contributed by atoms with E-state index in [1.165, 1.54) is 31.2 Å². The van der Waals surface area contributed by atoms with Gasteiger partial charge >= 0.3 is 5.97 Å². The van der Waals surface area contributed by atoms with Crippen molar-refractivity contribution in [1.29, 1.82) is 0 Å². The molecular weight excluding hydrogens is 375 g/mol. The van der Waals surface area contributed by atoms with Crippen LogP contribution >= 0.6 is 0 Å². The molecule has 1 amide bonds. The van der Waals surface area contributed by atoms with Gasteiger partial charge in [0.1, 0.15) is 11.5 Å². The predicted octanol–water partition coefficient (Wildman–Crippen LogP) is 3.88. The average molecular weight is 390 g/mol. The van der Waals surface area contributed by atoms with Crippen LogP contribution < -0.4 is 5.32 Å². The van der Waals surface area contributed by atoms with E-state index in [1.807, 2.05) is 0 Å². The van der Waals surface area contributed by atoms with E-state index in [4.69, 9.17) is 0 Å². The summed E-state index contributed by atoms with van der Waals surface area (Å²) in [6.07, 6.45) is 1.39. The van der Waals surface area contributed by atoms with Gasteiger partial charge in [-0.3, -0.25) is 9.59 Å². The maximum Gasteiger partial charge on any atom is 0.352 e. The number of nitrogens with one attached hydrogen (secondary N) is 2. The van der Waals surface area contributed by atoms with Gasteiger partial charge in [0.25, 0.3) is 5.91 Å². The molecular formula is C22H15FN2O4. The van der Waals surface area contributed by atoms with E-state index in [0.29, 0.717) is 16.8 Å². The van der Waals surface area contributed by atoms with Gasteiger partial charge in [-0.2, -0.15) is 0 Å². The third kappa shape index (κ3) is 3.12. The van der Waals surface area contributed by atoms with Crippen molar-refractivity contribution in [2.24, 2.45) is 0 Å². The van der Waals surface area contributed by atoms with E-state index in [0.717, 1.165) is 0 Å². The maximum absolute atomic E-state index is 13.7. The molecule has 2 aromatic carbocycles. The summed E-state index contributed by atoms with van der Waals surface area (Å²) in [6.45, 7) is 1.53. The molecule has 6 nitrogen and oxygen atoms in total. The van der Waals surface area contributed by atoms with Gasteiger partial charge in [0.05, 0.1) is 16.8 Å². The first kappa shape index (κ1) is 18.4. The van der Waals surface area contributed by atoms with E-state index >= 15 is 0 Å². The SMILES string of the molecule is Cc1c(C(=O)O)[nH]c(C=C2C(=O)Nc3ccc(F)cc32)c1C(=O)c1ccccc1. The molecule has 3 aromatic rings. The molecule has 1 aliphatic rings. The molecule has 7 heteroatoms. The van der Waals surface area contributed by atoms with E-state index in [2.05, 4.69) is 10.3 Å². The Labute approximate surface area is 164 Å². The van der Waals surface area contributed by atoms with E-state index in [1.54, 1.807) is 30.3 Å². The minimum Gasteiger partial charge on any atom is -0.477 e. The molecule has 0 spiro atoms. The van der Waals surface area contributed by atoms with E-state index < -0.39 is 17.7 Å². The third-order valence-electron chi connectivity index (χ3n) is 4.81. The van der Waals surface area contributed by atoms with Crippen molar-refractivity contribution in [2.75, 3.05) is 5.32 Å². The number of halogens is 1. The molecule has 0 atom stereocenters. The second kappa shape index (κ2) is 6.87. The summed E-state index contributed by atoms with van der Waals surface area (Å²) >= 11 is 0. The number of amides is 1. The van der Waals surface area contributed by atoms with Crippen LogP contribution in [0.4, 0.5) is 10.1 Å². The van der Waals surface area contributed by atoms with Crippen molar-refractivity contribution in [1.82, 2.24) is 4.98 Å².